The van der Waals surface area contributed by atoms with Crippen LogP contribution < -0.4 is 11.1 Å². The summed E-state index contributed by atoms with van der Waals surface area (Å²) in [7, 11) is 0. The zero-order valence-corrected chi connectivity index (χ0v) is 12.9. The van der Waals surface area contributed by atoms with E-state index in [1.807, 2.05) is 19.1 Å². The first-order valence-electron chi connectivity index (χ1n) is 7.26. The molecule has 1 aromatic carbocycles. The van der Waals surface area contributed by atoms with E-state index in [4.69, 9.17) is 18.0 Å². The summed E-state index contributed by atoms with van der Waals surface area (Å²) < 4.78 is 0. The number of aromatic nitrogens is 1. The van der Waals surface area contributed by atoms with Crippen molar-refractivity contribution in [3.05, 3.63) is 58.8 Å². The molecule has 3 N–H and O–H groups in total. The van der Waals surface area contributed by atoms with E-state index in [0.717, 1.165) is 29.9 Å². The van der Waals surface area contributed by atoms with Crippen molar-refractivity contribution in [1.29, 1.82) is 0 Å². The maximum Gasteiger partial charge on any atom is 0.127 e. The Hall–Kier alpha value is -1.94. The van der Waals surface area contributed by atoms with Gasteiger partial charge in [0.2, 0.25) is 0 Å². The number of fused-ring (bicyclic) bond motifs is 1. The predicted octanol–water partition coefficient (Wildman–Crippen LogP) is 3.51. The van der Waals surface area contributed by atoms with Crippen LogP contribution in [0.15, 0.2) is 36.4 Å². The number of nitrogens with two attached hydrogens (primary N) is 1. The number of hydrogen-bond donors (Lipinski definition) is 2. The lowest BCUT2D eigenvalue weighted by atomic mass is 9.88. The minimum Gasteiger partial charge on any atom is -0.389 e. The van der Waals surface area contributed by atoms with Crippen LogP contribution in [0.2, 0.25) is 0 Å². The van der Waals surface area contributed by atoms with Gasteiger partial charge in [-0.2, -0.15) is 0 Å². The van der Waals surface area contributed by atoms with Gasteiger partial charge >= 0.3 is 0 Å². The van der Waals surface area contributed by atoms with Gasteiger partial charge in [0, 0.05) is 11.3 Å². The fourth-order valence-electron chi connectivity index (χ4n) is 2.97. The first-order chi connectivity index (χ1) is 10.1. The van der Waals surface area contributed by atoms with Crippen LogP contribution in [0.4, 0.5) is 5.82 Å². The quantitative estimate of drug-likeness (QED) is 0.851. The molecule has 1 aliphatic rings. The van der Waals surface area contributed by atoms with Gasteiger partial charge in [-0.05, 0) is 49.4 Å². The van der Waals surface area contributed by atoms with Gasteiger partial charge in [-0.1, -0.05) is 36.5 Å². The van der Waals surface area contributed by atoms with Gasteiger partial charge in [-0.25, -0.2) is 4.98 Å². The number of nitrogens with one attached hydrogen (secondary N) is 1. The molecule has 0 aliphatic heterocycles. The average Bonchev–Trinajstić information content (AvgIpc) is 2.47. The molecule has 2 aromatic rings. The fourth-order valence-corrected chi connectivity index (χ4v) is 3.08. The second-order valence-corrected chi connectivity index (χ2v) is 5.97. The van der Waals surface area contributed by atoms with E-state index < -0.39 is 0 Å². The highest BCUT2D eigenvalue weighted by Gasteiger charge is 2.20. The van der Waals surface area contributed by atoms with E-state index in [9.17, 15) is 0 Å². The Labute approximate surface area is 130 Å². The molecule has 3 rings (SSSR count). The largest absolute Gasteiger partial charge is 0.389 e. The molecule has 1 aromatic heterocycles. The highest BCUT2D eigenvalue weighted by atomic mass is 32.1. The Morgan fingerprint density at radius 1 is 1.33 bits per heavy atom. The van der Waals surface area contributed by atoms with Crippen molar-refractivity contribution in [1.82, 2.24) is 4.98 Å². The van der Waals surface area contributed by atoms with E-state index in [0.29, 0.717) is 11.0 Å². The fraction of sp³-hybridized carbons (Fsp3) is 0.294. The first kappa shape index (κ1) is 14.0. The van der Waals surface area contributed by atoms with Crippen LogP contribution in [0.25, 0.3) is 0 Å². The number of thiocarbonyl (C=S) groups is 1. The molecule has 0 spiro atoms. The molecule has 1 unspecified atom stereocenters. The average molecular weight is 297 g/mol. The van der Waals surface area contributed by atoms with E-state index >= 15 is 0 Å². The lowest BCUT2D eigenvalue weighted by molar-refractivity contribution is 0.598. The van der Waals surface area contributed by atoms with Crippen molar-refractivity contribution in [2.45, 2.75) is 32.2 Å². The van der Waals surface area contributed by atoms with Crippen molar-refractivity contribution in [2.24, 2.45) is 5.73 Å². The summed E-state index contributed by atoms with van der Waals surface area (Å²) in [6.07, 6.45) is 3.48. The van der Waals surface area contributed by atoms with Crippen LogP contribution in [-0.2, 0) is 6.42 Å². The van der Waals surface area contributed by atoms with Crippen molar-refractivity contribution >= 4 is 23.0 Å². The monoisotopic (exact) mass is 297 g/mol. The number of rotatable bonds is 3. The molecule has 21 heavy (non-hydrogen) atoms. The lowest BCUT2D eigenvalue weighted by Crippen LogP contribution is -2.19. The van der Waals surface area contributed by atoms with Gasteiger partial charge in [-0.3, -0.25) is 0 Å². The number of pyridine rings is 1. The third-order valence-electron chi connectivity index (χ3n) is 3.93. The maximum absolute atomic E-state index is 5.74. The Morgan fingerprint density at radius 3 is 2.95 bits per heavy atom. The maximum atomic E-state index is 5.74. The summed E-state index contributed by atoms with van der Waals surface area (Å²) in [6.45, 7) is 1.96. The topological polar surface area (TPSA) is 50.9 Å². The predicted molar refractivity (Wildman–Crippen MR) is 90.6 cm³/mol. The van der Waals surface area contributed by atoms with Gasteiger partial charge in [-0.15, -0.1) is 0 Å². The van der Waals surface area contributed by atoms with Gasteiger partial charge in [0.15, 0.2) is 0 Å². The molecule has 0 bridgehead atoms. The van der Waals surface area contributed by atoms with Crippen LogP contribution in [0, 0.1) is 6.92 Å². The molecule has 0 saturated heterocycles. The molecule has 1 atom stereocenters. The van der Waals surface area contributed by atoms with E-state index in [1.54, 1.807) is 0 Å². The molecule has 4 heteroatoms. The number of nitrogens with zero attached hydrogens (tertiary/aromatic N) is 1. The molecule has 0 fully saturated rings. The Morgan fingerprint density at radius 2 is 2.14 bits per heavy atom. The molecule has 1 aliphatic carbocycles. The van der Waals surface area contributed by atoms with Crippen LogP contribution in [0.1, 0.15) is 41.3 Å². The summed E-state index contributed by atoms with van der Waals surface area (Å²) in [6, 6.07) is 12.8. The van der Waals surface area contributed by atoms with Crippen LogP contribution >= 0.6 is 12.2 Å². The zero-order chi connectivity index (χ0) is 14.8. The third kappa shape index (κ3) is 3.05. The standard InChI is InChI=1S/C17H19N3S/c1-11-9-13(17(18)21)10-16(19-11)20-15-8-4-6-12-5-2-3-7-14(12)15/h2-3,5,7,9-10,15H,4,6,8H2,1H3,(H2,18,21)(H,19,20). The van der Waals surface area contributed by atoms with Crippen molar-refractivity contribution < 1.29 is 0 Å². The number of aryl methyl sites for hydroxylation is 2. The molecular formula is C17H19N3S. The number of benzene rings is 1. The normalized spacial score (nSPS) is 17.1. The van der Waals surface area contributed by atoms with Crippen molar-refractivity contribution in [2.75, 3.05) is 5.32 Å². The third-order valence-corrected chi connectivity index (χ3v) is 4.17. The second-order valence-electron chi connectivity index (χ2n) is 5.53. The Kier molecular flexibility index (Phi) is 3.88. The molecule has 1 heterocycles. The van der Waals surface area contributed by atoms with E-state index in [-0.39, 0.29) is 0 Å². The highest BCUT2D eigenvalue weighted by molar-refractivity contribution is 7.80. The second kappa shape index (κ2) is 5.82. The van der Waals surface area contributed by atoms with Crippen LogP contribution in [0.5, 0.6) is 0 Å². The van der Waals surface area contributed by atoms with Crippen LogP contribution in [0.3, 0.4) is 0 Å². The van der Waals surface area contributed by atoms with Crippen LogP contribution in [-0.4, -0.2) is 9.97 Å². The molecular weight excluding hydrogens is 278 g/mol. The van der Waals surface area contributed by atoms with Gasteiger partial charge in [0.1, 0.15) is 10.8 Å². The molecule has 0 radical (unpaired) electrons. The number of anilines is 1. The minimum absolute atomic E-state index is 0.309. The summed E-state index contributed by atoms with van der Waals surface area (Å²) >= 11 is 5.07. The Bertz CT molecular complexity index is 681. The highest BCUT2D eigenvalue weighted by Crippen LogP contribution is 2.32. The molecule has 0 saturated carbocycles. The SMILES string of the molecule is Cc1cc(C(N)=S)cc(NC2CCCc3ccccc32)n1. The number of hydrogen-bond acceptors (Lipinski definition) is 3. The smallest absolute Gasteiger partial charge is 0.127 e. The zero-order valence-electron chi connectivity index (χ0n) is 12.1. The molecule has 108 valence electrons. The molecule has 3 nitrogen and oxygen atoms in total. The minimum atomic E-state index is 0.309. The Balaban J connectivity index is 1.90. The summed E-state index contributed by atoms with van der Waals surface area (Å²) in [4.78, 5) is 4.97. The summed E-state index contributed by atoms with van der Waals surface area (Å²) in [5, 5.41) is 3.55. The van der Waals surface area contributed by atoms with Gasteiger partial charge in [0.25, 0.3) is 0 Å². The van der Waals surface area contributed by atoms with Crippen molar-refractivity contribution in [3.8, 4) is 0 Å². The van der Waals surface area contributed by atoms with E-state index in [1.165, 1.54) is 17.5 Å². The van der Waals surface area contributed by atoms with E-state index in [2.05, 4.69) is 34.6 Å². The molecule has 0 amide bonds. The first-order valence-corrected chi connectivity index (χ1v) is 7.67. The lowest BCUT2D eigenvalue weighted by Gasteiger charge is -2.27. The van der Waals surface area contributed by atoms with Gasteiger partial charge < -0.3 is 11.1 Å². The van der Waals surface area contributed by atoms with Crippen molar-refractivity contribution in [3.63, 3.8) is 0 Å². The summed E-state index contributed by atoms with van der Waals surface area (Å²) in [5.74, 6) is 0.847. The summed E-state index contributed by atoms with van der Waals surface area (Å²) in [5.41, 5.74) is 10.3. The van der Waals surface area contributed by atoms with Gasteiger partial charge in [0.05, 0.1) is 6.04 Å².